The summed E-state index contributed by atoms with van der Waals surface area (Å²) in [6.45, 7) is 2.37. The Balaban J connectivity index is 2.24. The van der Waals surface area contributed by atoms with Crippen molar-refractivity contribution in [3.05, 3.63) is 34.9 Å². The number of benzene rings is 1. The standard InChI is InChI=1S/C13H14F2N2O2/c1-8-6-9(11(15)7-10(8)14)13(19)17-4-2-12(18)16-3-5-17/h6-7H,2-5H2,1H3,(H,16,18). The van der Waals surface area contributed by atoms with Gasteiger partial charge < -0.3 is 10.2 Å². The number of aryl methyl sites for hydroxylation is 1. The van der Waals surface area contributed by atoms with Gasteiger partial charge in [0.2, 0.25) is 5.91 Å². The fourth-order valence-electron chi connectivity index (χ4n) is 1.96. The molecule has 19 heavy (non-hydrogen) atoms. The maximum atomic E-state index is 13.6. The van der Waals surface area contributed by atoms with E-state index in [0.717, 1.165) is 0 Å². The molecule has 1 heterocycles. The number of rotatable bonds is 1. The molecule has 0 saturated carbocycles. The molecule has 1 aliphatic rings. The first kappa shape index (κ1) is 13.5. The average molecular weight is 268 g/mol. The topological polar surface area (TPSA) is 49.4 Å². The summed E-state index contributed by atoms with van der Waals surface area (Å²) in [6.07, 6.45) is 0.188. The van der Waals surface area contributed by atoms with E-state index in [4.69, 9.17) is 0 Å². The molecule has 0 spiro atoms. The Bertz CT molecular complexity index is 532. The minimum Gasteiger partial charge on any atom is -0.354 e. The largest absolute Gasteiger partial charge is 0.354 e. The number of nitrogens with one attached hydrogen (secondary N) is 1. The van der Waals surface area contributed by atoms with Gasteiger partial charge in [0.05, 0.1) is 5.56 Å². The van der Waals surface area contributed by atoms with E-state index in [9.17, 15) is 18.4 Å². The third-order valence-electron chi connectivity index (χ3n) is 3.08. The van der Waals surface area contributed by atoms with Crippen molar-refractivity contribution >= 4 is 11.8 Å². The summed E-state index contributed by atoms with van der Waals surface area (Å²) in [7, 11) is 0. The Labute approximate surface area is 109 Å². The Hall–Kier alpha value is -1.98. The van der Waals surface area contributed by atoms with Gasteiger partial charge in [0.1, 0.15) is 11.6 Å². The maximum Gasteiger partial charge on any atom is 0.256 e. The van der Waals surface area contributed by atoms with Crippen molar-refractivity contribution in [2.24, 2.45) is 0 Å². The Morgan fingerprint density at radius 3 is 2.74 bits per heavy atom. The van der Waals surface area contributed by atoms with E-state index < -0.39 is 17.5 Å². The summed E-state index contributed by atoms with van der Waals surface area (Å²) < 4.78 is 26.8. The Morgan fingerprint density at radius 1 is 1.26 bits per heavy atom. The van der Waals surface area contributed by atoms with Gasteiger partial charge in [0, 0.05) is 32.1 Å². The van der Waals surface area contributed by atoms with E-state index in [1.54, 1.807) is 0 Å². The molecule has 0 bridgehead atoms. The SMILES string of the molecule is Cc1cc(C(=O)N2CCNC(=O)CC2)c(F)cc1F. The molecule has 4 nitrogen and oxygen atoms in total. The number of hydrogen-bond acceptors (Lipinski definition) is 2. The van der Waals surface area contributed by atoms with Gasteiger partial charge in [-0.2, -0.15) is 0 Å². The van der Waals surface area contributed by atoms with E-state index in [-0.39, 0.29) is 30.0 Å². The van der Waals surface area contributed by atoms with Gasteiger partial charge >= 0.3 is 0 Å². The summed E-state index contributed by atoms with van der Waals surface area (Å²) in [6, 6.07) is 1.91. The molecule has 0 aliphatic carbocycles. The van der Waals surface area contributed by atoms with Gasteiger partial charge in [0.25, 0.3) is 5.91 Å². The van der Waals surface area contributed by atoms with Crippen molar-refractivity contribution in [1.29, 1.82) is 0 Å². The lowest BCUT2D eigenvalue weighted by atomic mass is 10.1. The van der Waals surface area contributed by atoms with Crippen LogP contribution in [0.5, 0.6) is 0 Å². The van der Waals surface area contributed by atoms with Gasteiger partial charge in [-0.3, -0.25) is 9.59 Å². The third kappa shape index (κ3) is 2.89. The fraction of sp³-hybridized carbons (Fsp3) is 0.385. The zero-order valence-electron chi connectivity index (χ0n) is 10.5. The van der Waals surface area contributed by atoms with Gasteiger partial charge in [-0.25, -0.2) is 8.78 Å². The van der Waals surface area contributed by atoms with Crippen LogP contribution >= 0.6 is 0 Å². The molecule has 0 aromatic heterocycles. The highest BCUT2D eigenvalue weighted by molar-refractivity contribution is 5.95. The highest BCUT2D eigenvalue weighted by Gasteiger charge is 2.23. The number of carbonyl (C=O) groups excluding carboxylic acids is 2. The predicted octanol–water partition coefficient (Wildman–Crippen LogP) is 1.24. The molecule has 102 valence electrons. The molecule has 1 fully saturated rings. The zero-order chi connectivity index (χ0) is 14.0. The van der Waals surface area contributed by atoms with E-state index in [1.807, 2.05) is 0 Å². The summed E-state index contributed by atoms with van der Waals surface area (Å²) in [5.74, 6) is -2.21. The molecule has 1 N–H and O–H groups in total. The maximum absolute atomic E-state index is 13.6. The monoisotopic (exact) mass is 268 g/mol. The minimum atomic E-state index is -0.878. The van der Waals surface area contributed by atoms with Crippen LogP contribution < -0.4 is 5.32 Å². The molecule has 0 radical (unpaired) electrons. The quantitative estimate of drug-likeness (QED) is 0.833. The third-order valence-corrected chi connectivity index (χ3v) is 3.08. The van der Waals surface area contributed by atoms with Crippen molar-refractivity contribution in [2.75, 3.05) is 19.6 Å². The van der Waals surface area contributed by atoms with E-state index in [1.165, 1.54) is 17.9 Å². The molecule has 1 aromatic carbocycles. The lowest BCUT2D eigenvalue weighted by Crippen LogP contribution is -2.34. The van der Waals surface area contributed by atoms with Crippen molar-refractivity contribution in [3.63, 3.8) is 0 Å². The predicted molar refractivity (Wildman–Crippen MR) is 64.6 cm³/mol. The van der Waals surface area contributed by atoms with Crippen molar-refractivity contribution in [2.45, 2.75) is 13.3 Å². The molecular weight excluding hydrogens is 254 g/mol. The first-order valence-electron chi connectivity index (χ1n) is 6.00. The van der Waals surface area contributed by atoms with E-state index in [0.29, 0.717) is 19.2 Å². The molecule has 0 unspecified atom stereocenters. The second-order valence-electron chi connectivity index (χ2n) is 4.47. The van der Waals surface area contributed by atoms with Crippen LogP contribution in [0.25, 0.3) is 0 Å². The second-order valence-corrected chi connectivity index (χ2v) is 4.47. The lowest BCUT2D eigenvalue weighted by molar-refractivity contribution is -0.120. The molecule has 1 aromatic rings. The molecule has 1 saturated heterocycles. The number of hydrogen-bond donors (Lipinski definition) is 1. The van der Waals surface area contributed by atoms with Crippen LogP contribution in [-0.4, -0.2) is 36.3 Å². The smallest absolute Gasteiger partial charge is 0.256 e. The van der Waals surface area contributed by atoms with Crippen LogP contribution in [0.1, 0.15) is 22.3 Å². The number of halogens is 2. The summed E-state index contributed by atoms with van der Waals surface area (Å²) >= 11 is 0. The first-order valence-corrected chi connectivity index (χ1v) is 6.00. The molecule has 6 heteroatoms. The molecule has 1 aliphatic heterocycles. The average Bonchev–Trinajstić information content (AvgIpc) is 2.58. The number of amides is 2. The van der Waals surface area contributed by atoms with Gasteiger partial charge in [0.15, 0.2) is 0 Å². The molecule has 0 atom stereocenters. The normalized spacial score (nSPS) is 15.9. The van der Waals surface area contributed by atoms with Crippen LogP contribution in [0, 0.1) is 18.6 Å². The summed E-state index contributed by atoms with van der Waals surface area (Å²) in [5, 5.41) is 2.63. The lowest BCUT2D eigenvalue weighted by Gasteiger charge is -2.20. The highest BCUT2D eigenvalue weighted by atomic mass is 19.1. The van der Waals surface area contributed by atoms with Crippen LogP contribution in [0.2, 0.25) is 0 Å². The molecular formula is C13H14F2N2O2. The summed E-state index contributed by atoms with van der Waals surface area (Å²) in [4.78, 5) is 24.7. The van der Waals surface area contributed by atoms with Crippen LogP contribution in [-0.2, 0) is 4.79 Å². The van der Waals surface area contributed by atoms with Gasteiger partial charge in [-0.05, 0) is 18.6 Å². The zero-order valence-corrected chi connectivity index (χ0v) is 10.5. The summed E-state index contributed by atoms with van der Waals surface area (Å²) in [5.41, 5.74) is 0.0574. The van der Waals surface area contributed by atoms with Crippen molar-refractivity contribution in [3.8, 4) is 0 Å². The minimum absolute atomic E-state index is 0.133. The number of nitrogens with zero attached hydrogens (tertiary/aromatic N) is 1. The molecule has 2 amide bonds. The van der Waals surface area contributed by atoms with Crippen LogP contribution in [0.4, 0.5) is 8.78 Å². The second kappa shape index (κ2) is 5.34. The van der Waals surface area contributed by atoms with E-state index in [2.05, 4.69) is 5.32 Å². The Morgan fingerprint density at radius 2 is 2.00 bits per heavy atom. The first-order chi connectivity index (χ1) is 8.99. The molecule has 2 rings (SSSR count). The van der Waals surface area contributed by atoms with E-state index >= 15 is 0 Å². The van der Waals surface area contributed by atoms with Crippen molar-refractivity contribution < 1.29 is 18.4 Å². The van der Waals surface area contributed by atoms with Gasteiger partial charge in [-0.15, -0.1) is 0 Å². The Kier molecular flexibility index (Phi) is 3.78. The highest BCUT2D eigenvalue weighted by Crippen LogP contribution is 2.16. The van der Waals surface area contributed by atoms with Crippen LogP contribution in [0.15, 0.2) is 12.1 Å². The van der Waals surface area contributed by atoms with Crippen molar-refractivity contribution in [1.82, 2.24) is 10.2 Å². The number of carbonyl (C=O) groups is 2. The van der Waals surface area contributed by atoms with Crippen LogP contribution in [0.3, 0.4) is 0 Å². The fourth-order valence-corrected chi connectivity index (χ4v) is 1.96. The van der Waals surface area contributed by atoms with Gasteiger partial charge in [-0.1, -0.05) is 0 Å².